The second kappa shape index (κ2) is 6.46. The Morgan fingerprint density at radius 1 is 1.27 bits per heavy atom. The van der Waals surface area contributed by atoms with Gasteiger partial charge in [0.15, 0.2) is 0 Å². The normalized spacial score (nSPS) is 12.0. The molecule has 0 saturated carbocycles. The Bertz CT molecular complexity index is 681. The number of nitrogens with zero attached hydrogens (tertiary/aromatic N) is 3. The monoisotopic (exact) mass is 305 g/mol. The van der Waals surface area contributed by atoms with Crippen molar-refractivity contribution in [3.05, 3.63) is 51.3 Å². The van der Waals surface area contributed by atoms with Crippen LogP contribution < -0.4 is 9.47 Å². The van der Waals surface area contributed by atoms with Gasteiger partial charge in [-0.05, 0) is 32.0 Å². The molecule has 0 spiro atoms. The van der Waals surface area contributed by atoms with E-state index >= 15 is 0 Å². The molecule has 2 aromatic rings. The Kier molecular flexibility index (Phi) is 4.65. The van der Waals surface area contributed by atoms with E-state index in [0.717, 1.165) is 11.4 Å². The summed E-state index contributed by atoms with van der Waals surface area (Å²) < 4.78 is 12.2. The van der Waals surface area contributed by atoms with E-state index in [1.165, 1.54) is 7.11 Å². The first kappa shape index (κ1) is 15.8. The van der Waals surface area contributed by atoms with Gasteiger partial charge >= 0.3 is 0 Å². The molecular formula is C15H19N3O4. The zero-order valence-corrected chi connectivity index (χ0v) is 13.1. The van der Waals surface area contributed by atoms with Crippen LogP contribution >= 0.6 is 0 Å². The predicted octanol–water partition coefficient (Wildman–Crippen LogP) is 2.38. The SMILES string of the molecule is COc1ccc([C@@H](C[N+](=O)[O-])n2nc(C)cc2C)c(OC)c1. The van der Waals surface area contributed by atoms with Crippen LogP contribution in [0.15, 0.2) is 24.3 Å². The number of hydrogen-bond donors (Lipinski definition) is 0. The first-order valence-corrected chi connectivity index (χ1v) is 6.82. The summed E-state index contributed by atoms with van der Waals surface area (Å²) in [6.07, 6.45) is 0. The fraction of sp³-hybridized carbons (Fsp3) is 0.400. The summed E-state index contributed by atoms with van der Waals surface area (Å²) >= 11 is 0. The average molecular weight is 305 g/mol. The Morgan fingerprint density at radius 3 is 2.50 bits per heavy atom. The zero-order chi connectivity index (χ0) is 16.3. The molecule has 7 nitrogen and oxygen atoms in total. The van der Waals surface area contributed by atoms with Gasteiger partial charge < -0.3 is 9.47 Å². The molecule has 0 bridgehead atoms. The minimum Gasteiger partial charge on any atom is -0.497 e. The molecular weight excluding hydrogens is 286 g/mol. The van der Waals surface area contributed by atoms with Crippen molar-refractivity contribution in [2.75, 3.05) is 20.8 Å². The van der Waals surface area contributed by atoms with Crippen LogP contribution in [0.4, 0.5) is 0 Å². The molecule has 1 heterocycles. The second-order valence-corrected chi connectivity index (χ2v) is 5.01. The van der Waals surface area contributed by atoms with E-state index in [4.69, 9.17) is 9.47 Å². The van der Waals surface area contributed by atoms with Crippen molar-refractivity contribution in [1.29, 1.82) is 0 Å². The van der Waals surface area contributed by atoms with E-state index in [-0.39, 0.29) is 11.5 Å². The maximum Gasteiger partial charge on any atom is 0.230 e. The van der Waals surface area contributed by atoms with Gasteiger partial charge in [-0.25, -0.2) is 0 Å². The summed E-state index contributed by atoms with van der Waals surface area (Å²) in [6, 6.07) is 6.61. The van der Waals surface area contributed by atoms with Crippen LogP contribution in [0.1, 0.15) is 23.0 Å². The number of ether oxygens (including phenoxy) is 2. The quantitative estimate of drug-likeness (QED) is 0.604. The van der Waals surface area contributed by atoms with Gasteiger partial charge in [0.25, 0.3) is 0 Å². The number of nitro groups is 1. The number of rotatable bonds is 6. The Hall–Kier alpha value is -2.57. The molecule has 0 aliphatic carbocycles. The first-order valence-electron chi connectivity index (χ1n) is 6.82. The van der Waals surface area contributed by atoms with E-state index in [2.05, 4.69) is 5.10 Å². The summed E-state index contributed by atoms with van der Waals surface area (Å²) in [5, 5.41) is 15.5. The first-order chi connectivity index (χ1) is 10.5. The third-order valence-corrected chi connectivity index (χ3v) is 3.46. The lowest BCUT2D eigenvalue weighted by atomic mass is 10.1. The average Bonchev–Trinajstić information content (AvgIpc) is 2.82. The van der Waals surface area contributed by atoms with Crippen molar-refractivity contribution in [2.45, 2.75) is 19.9 Å². The van der Waals surface area contributed by atoms with E-state index in [0.29, 0.717) is 17.1 Å². The molecule has 0 unspecified atom stereocenters. The van der Waals surface area contributed by atoms with E-state index < -0.39 is 6.04 Å². The van der Waals surface area contributed by atoms with Crippen molar-refractivity contribution in [2.24, 2.45) is 0 Å². The molecule has 0 aliphatic rings. The Balaban J connectivity index is 2.54. The second-order valence-electron chi connectivity index (χ2n) is 5.01. The molecule has 0 radical (unpaired) electrons. The van der Waals surface area contributed by atoms with Crippen LogP contribution in [-0.2, 0) is 0 Å². The molecule has 118 valence electrons. The van der Waals surface area contributed by atoms with Gasteiger partial charge in [0, 0.05) is 22.2 Å². The van der Waals surface area contributed by atoms with Crippen molar-refractivity contribution in [3.8, 4) is 11.5 Å². The van der Waals surface area contributed by atoms with Crippen molar-refractivity contribution < 1.29 is 14.4 Å². The summed E-state index contributed by atoms with van der Waals surface area (Å²) in [6.45, 7) is 3.46. The van der Waals surface area contributed by atoms with Crippen molar-refractivity contribution in [3.63, 3.8) is 0 Å². The third-order valence-electron chi connectivity index (χ3n) is 3.46. The topological polar surface area (TPSA) is 79.4 Å². The fourth-order valence-electron chi connectivity index (χ4n) is 2.50. The molecule has 22 heavy (non-hydrogen) atoms. The molecule has 1 aromatic heterocycles. The minimum absolute atomic E-state index is 0.273. The number of hydrogen-bond acceptors (Lipinski definition) is 5. The standard InChI is InChI=1S/C15H19N3O4/c1-10-7-11(2)18(16-10)14(9-17(19)20)13-6-5-12(21-3)8-15(13)22-4/h5-8,14H,9H2,1-4H3/t14-/m1/s1. The highest BCUT2D eigenvalue weighted by Gasteiger charge is 2.26. The van der Waals surface area contributed by atoms with Gasteiger partial charge in [-0.2, -0.15) is 5.10 Å². The summed E-state index contributed by atoms with van der Waals surface area (Å²) in [7, 11) is 3.09. The van der Waals surface area contributed by atoms with Crippen LogP contribution in [-0.4, -0.2) is 35.5 Å². The maximum absolute atomic E-state index is 11.1. The van der Waals surface area contributed by atoms with Crippen LogP contribution in [0.3, 0.4) is 0 Å². The van der Waals surface area contributed by atoms with Gasteiger partial charge in [-0.15, -0.1) is 0 Å². The van der Waals surface area contributed by atoms with Gasteiger partial charge in [-0.3, -0.25) is 14.8 Å². The molecule has 0 amide bonds. The molecule has 2 rings (SSSR count). The van der Waals surface area contributed by atoms with Crippen LogP contribution in [0.5, 0.6) is 11.5 Å². The predicted molar refractivity (Wildman–Crippen MR) is 81.2 cm³/mol. The molecule has 1 aromatic carbocycles. The fourth-order valence-corrected chi connectivity index (χ4v) is 2.50. The lowest BCUT2D eigenvalue weighted by molar-refractivity contribution is -0.484. The Labute approximate surface area is 128 Å². The number of aromatic nitrogens is 2. The molecule has 0 fully saturated rings. The third kappa shape index (κ3) is 3.19. The Morgan fingerprint density at radius 2 is 2.00 bits per heavy atom. The summed E-state index contributed by atoms with van der Waals surface area (Å²) in [5.41, 5.74) is 2.38. The lowest BCUT2D eigenvalue weighted by Gasteiger charge is -2.19. The van der Waals surface area contributed by atoms with Crippen LogP contribution in [0, 0.1) is 24.0 Å². The number of benzene rings is 1. The maximum atomic E-state index is 11.1. The smallest absolute Gasteiger partial charge is 0.230 e. The minimum atomic E-state index is -0.537. The molecule has 0 saturated heterocycles. The van der Waals surface area contributed by atoms with E-state index in [1.54, 1.807) is 30.0 Å². The summed E-state index contributed by atoms with van der Waals surface area (Å²) in [4.78, 5) is 10.8. The van der Waals surface area contributed by atoms with Crippen molar-refractivity contribution in [1.82, 2.24) is 9.78 Å². The number of methoxy groups -OCH3 is 2. The highest BCUT2D eigenvalue weighted by Crippen LogP contribution is 2.32. The van der Waals surface area contributed by atoms with Gasteiger partial charge in [0.1, 0.15) is 17.5 Å². The molecule has 1 atom stereocenters. The largest absolute Gasteiger partial charge is 0.497 e. The van der Waals surface area contributed by atoms with Gasteiger partial charge in [-0.1, -0.05) is 0 Å². The summed E-state index contributed by atoms with van der Waals surface area (Å²) in [5.74, 6) is 1.17. The van der Waals surface area contributed by atoms with Gasteiger partial charge in [0.2, 0.25) is 6.54 Å². The van der Waals surface area contributed by atoms with Crippen molar-refractivity contribution >= 4 is 0 Å². The molecule has 0 N–H and O–H groups in total. The number of aryl methyl sites for hydroxylation is 2. The lowest BCUT2D eigenvalue weighted by Crippen LogP contribution is -2.23. The molecule has 0 aliphatic heterocycles. The highest BCUT2D eigenvalue weighted by atomic mass is 16.6. The highest BCUT2D eigenvalue weighted by molar-refractivity contribution is 5.43. The van der Waals surface area contributed by atoms with E-state index in [1.807, 2.05) is 19.9 Å². The van der Waals surface area contributed by atoms with Gasteiger partial charge in [0.05, 0.1) is 19.9 Å². The van der Waals surface area contributed by atoms with Crippen LogP contribution in [0.2, 0.25) is 0 Å². The van der Waals surface area contributed by atoms with Crippen LogP contribution in [0.25, 0.3) is 0 Å². The van der Waals surface area contributed by atoms with E-state index in [9.17, 15) is 10.1 Å². The zero-order valence-electron chi connectivity index (χ0n) is 13.1. The molecule has 7 heteroatoms.